The first-order chi connectivity index (χ1) is 19.3. The summed E-state index contributed by atoms with van der Waals surface area (Å²) >= 11 is 0. The summed E-state index contributed by atoms with van der Waals surface area (Å²) in [6.07, 6.45) is 0.743. The number of aromatic nitrogens is 2. The van der Waals surface area contributed by atoms with Crippen LogP contribution >= 0.6 is 0 Å². The number of methoxy groups -OCH3 is 1. The fourth-order valence-electron chi connectivity index (χ4n) is 5.53. The molecular weight excluding hydrogens is 522 g/mol. The molecule has 41 heavy (non-hydrogen) atoms. The minimum Gasteiger partial charge on any atom is -0.356 e. The summed E-state index contributed by atoms with van der Waals surface area (Å²) in [6.45, 7) is 12.5. The van der Waals surface area contributed by atoms with Crippen LogP contribution in [0, 0.1) is 5.92 Å². The lowest BCUT2D eigenvalue weighted by atomic mass is 9.90. The van der Waals surface area contributed by atoms with Gasteiger partial charge in [0.05, 0.1) is 35.2 Å². The summed E-state index contributed by atoms with van der Waals surface area (Å²) in [4.78, 5) is 23.4. The van der Waals surface area contributed by atoms with Gasteiger partial charge in [-0.1, -0.05) is 38.1 Å². The predicted molar refractivity (Wildman–Crippen MR) is 156 cm³/mol. The van der Waals surface area contributed by atoms with Gasteiger partial charge in [-0.3, -0.25) is 10.1 Å². The molecule has 0 saturated carbocycles. The molecule has 2 aromatic carbocycles. The van der Waals surface area contributed by atoms with Crippen LogP contribution in [0.1, 0.15) is 71.7 Å². The molecule has 0 spiro atoms. The van der Waals surface area contributed by atoms with E-state index in [0.29, 0.717) is 18.8 Å². The average Bonchev–Trinajstić information content (AvgIpc) is 3.61. The first-order valence-electron chi connectivity index (χ1n) is 14.3. The summed E-state index contributed by atoms with van der Waals surface area (Å²) in [6, 6.07) is 11.4. The number of carbonyl (C=O) groups is 1. The average molecular weight is 566 g/mol. The number of benzene rings is 2. The number of nitrogens with two attached hydrogens (primary N) is 1. The van der Waals surface area contributed by atoms with E-state index in [0.717, 1.165) is 27.6 Å². The van der Waals surface area contributed by atoms with Crippen molar-refractivity contribution in [2.24, 2.45) is 11.7 Å². The normalized spacial score (nSPS) is 23.9. The zero-order chi connectivity index (χ0) is 29.7. The maximum absolute atomic E-state index is 13.6. The molecule has 2 aliphatic rings. The van der Waals surface area contributed by atoms with Crippen molar-refractivity contribution >= 4 is 16.7 Å². The van der Waals surface area contributed by atoms with Crippen LogP contribution < -0.4 is 11.1 Å². The Kier molecular flexibility index (Phi) is 8.01. The van der Waals surface area contributed by atoms with Crippen molar-refractivity contribution in [1.29, 1.82) is 0 Å². The van der Waals surface area contributed by atoms with Gasteiger partial charge in [0, 0.05) is 30.8 Å². The molecule has 5 rings (SSSR count). The van der Waals surface area contributed by atoms with Crippen LogP contribution in [0.3, 0.4) is 0 Å². The Balaban J connectivity index is 1.36. The number of aromatic amines is 1. The Labute approximate surface area is 241 Å². The van der Waals surface area contributed by atoms with Gasteiger partial charge in [0.25, 0.3) is 0 Å². The van der Waals surface area contributed by atoms with Gasteiger partial charge in [0.15, 0.2) is 6.29 Å². The Bertz CT molecular complexity index is 1390. The van der Waals surface area contributed by atoms with Crippen molar-refractivity contribution in [2.45, 2.75) is 90.0 Å². The minimum atomic E-state index is -1.24. The van der Waals surface area contributed by atoms with E-state index in [1.165, 1.54) is 7.11 Å². The molecule has 2 fully saturated rings. The number of imidazole rings is 1. The number of hydrogen-bond donors (Lipinski definition) is 4. The minimum absolute atomic E-state index is 0.0696. The molecule has 1 unspecified atom stereocenters. The van der Waals surface area contributed by atoms with E-state index >= 15 is 0 Å². The largest absolute Gasteiger partial charge is 0.356 e. The Morgan fingerprint density at radius 1 is 1.15 bits per heavy atom. The number of hydrogen-bond acceptors (Lipinski definition) is 8. The third kappa shape index (κ3) is 5.77. The third-order valence-corrected chi connectivity index (χ3v) is 8.71. The third-order valence-electron chi connectivity index (χ3n) is 8.71. The van der Waals surface area contributed by atoms with Crippen molar-refractivity contribution in [3.05, 3.63) is 54.0 Å². The fourth-order valence-corrected chi connectivity index (χ4v) is 5.53. The van der Waals surface area contributed by atoms with Crippen molar-refractivity contribution < 1.29 is 24.1 Å². The number of nitrogens with one attached hydrogen (secondary N) is 2. The van der Waals surface area contributed by atoms with E-state index in [4.69, 9.17) is 19.9 Å². The van der Waals surface area contributed by atoms with Gasteiger partial charge in [-0.2, -0.15) is 0 Å². The lowest BCUT2D eigenvalue weighted by Gasteiger charge is -2.31. The summed E-state index contributed by atoms with van der Waals surface area (Å²) in [5.74, 6) is 0.475. The second-order valence-corrected chi connectivity index (χ2v) is 12.6. The van der Waals surface area contributed by atoms with Crippen LogP contribution in [0.5, 0.6) is 0 Å². The number of H-pyrrole nitrogens is 1. The fraction of sp³-hybridized carbons (Fsp3) is 0.548. The topological polar surface area (TPSA) is 135 Å². The molecule has 10 nitrogen and oxygen atoms in total. The Morgan fingerprint density at radius 2 is 1.80 bits per heavy atom. The number of likely N-dealkylation sites (tertiary alicyclic amines) is 1. The summed E-state index contributed by atoms with van der Waals surface area (Å²) in [7, 11) is 1.38. The highest BCUT2D eigenvalue weighted by Gasteiger charge is 2.49. The summed E-state index contributed by atoms with van der Waals surface area (Å²) in [5, 5.41) is 15.0. The standard InChI is InChI=1S/C31H43N5O5/c1-17(2)25(35-29(38)39-7)27(37)36-16-22(32)14-24(36)26-33-15-23(34-26)20-10-8-19-13-21(11-9-18(19)12-20)28-40-30(3,4)31(5,6)41-28/h8-13,15,17,22,24-25,28-29,35,38H,14,16,32H2,1-7H3,(H,33,34)/t22-,24-,25-,29?/m0/s1. The van der Waals surface area contributed by atoms with Gasteiger partial charge < -0.3 is 34.9 Å². The van der Waals surface area contributed by atoms with Gasteiger partial charge in [-0.15, -0.1) is 0 Å². The lowest BCUT2D eigenvalue weighted by molar-refractivity contribution is -0.145. The number of fused-ring (bicyclic) bond motifs is 1. The smallest absolute Gasteiger partial charge is 0.240 e. The second-order valence-electron chi connectivity index (χ2n) is 12.6. The number of rotatable bonds is 8. The van der Waals surface area contributed by atoms with Crippen LogP contribution in [-0.2, 0) is 19.0 Å². The zero-order valence-corrected chi connectivity index (χ0v) is 25.0. The van der Waals surface area contributed by atoms with Crippen LogP contribution in [0.2, 0.25) is 0 Å². The van der Waals surface area contributed by atoms with Gasteiger partial charge in [-0.05, 0) is 62.9 Å². The second kappa shape index (κ2) is 11.1. The number of aliphatic hydroxyl groups is 1. The highest BCUT2D eigenvalue weighted by molar-refractivity contribution is 5.87. The van der Waals surface area contributed by atoms with E-state index in [1.54, 1.807) is 11.1 Å². The van der Waals surface area contributed by atoms with Gasteiger partial charge >= 0.3 is 0 Å². The molecule has 5 N–H and O–H groups in total. The molecule has 2 aliphatic heterocycles. The molecule has 3 aromatic rings. The predicted octanol–water partition coefficient (Wildman–Crippen LogP) is 3.97. The molecule has 1 amide bonds. The van der Waals surface area contributed by atoms with Crippen LogP contribution in [-0.4, -0.2) is 69.2 Å². The number of aliphatic hydroxyl groups excluding tert-OH is 1. The molecule has 3 heterocycles. The molecule has 4 atom stereocenters. The SMILES string of the molecule is COC(O)N[C@H](C(=O)N1C[C@@H](N)C[C@H]1c1ncc(-c2ccc3cc(C4OC(C)(C)C(C)(C)O4)ccc3c2)[nH]1)C(C)C. The molecule has 0 aliphatic carbocycles. The number of nitrogens with zero attached hydrogens (tertiary/aromatic N) is 2. The highest BCUT2D eigenvalue weighted by Crippen LogP contribution is 2.45. The van der Waals surface area contributed by atoms with Gasteiger partial charge in [0.1, 0.15) is 5.82 Å². The van der Waals surface area contributed by atoms with Crippen molar-refractivity contribution in [1.82, 2.24) is 20.2 Å². The van der Waals surface area contributed by atoms with Crippen LogP contribution in [0.4, 0.5) is 0 Å². The van der Waals surface area contributed by atoms with Crippen LogP contribution in [0.15, 0.2) is 42.6 Å². The van der Waals surface area contributed by atoms with Crippen molar-refractivity contribution in [3.63, 3.8) is 0 Å². The number of amides is 1. The molecular formula is C31H43N5O5. The molecule has 1 aromatic heterocycles. The monoisotopic (exact) mass is 565 g/mol. The highest BCUT2D eigenvalue weighted by atomic mass is 16.7. The first-order valence-corrected chi connectivity index (χ1v) is 14.3. The van der Waals surface area contributed by atoms with Gasteiger partial charge in [-0.25, -0.2) is 4.98 Å². The van der Waals surface area contributed by atoms with Gasteiger partial charge in [0.2, 0.25) is 12.3 Å². The quantitative estimate of drug-likeness (QED) is 0.302. The van der Waals surface area contributed by atoms with Crippen LogP contribution in [0.25, 0.3) is 22.0 Å². The Hall–Kier alpha value is -2.86. The molecule has 0 bridgehead atoms. The van der Waals surface area contributed by atoms with E-state index in [1.807, 2.05) is 13.8 Å². The Morgan fingerprint density at radius 3 is 2.46 bits per heavy atom. The molecule has 222 valence electrons. The summed E-state index contributed by atoms with van der Waals surface area (Å²) < 4.78 is 17.4. The number of ether oxygens (including phenoxy) is 3. The van der Waals surface area contributed by atoms with Crippen molar-refractivity contribution in [3.8, 4) is 11.3 Å². The van der Waals surface area contributed by atoms with E-state index in [9.17, 15) is 9.90 Å². The number of carbonyl (C=O) groups excluding carboxylic acids is 1. The maximum atomic E-state index is 13.6. The molecule has 10 heteroatoms. The van der Waals surface area contributed by atoms with Crippen molar-refractivity contribution in [2.75, 3.05) is 13.7 Å². The molecule has 2 saturated heterocycles. The van der Waals surface area contributed by atoms with E-state index in [-0.39, 0.29) is 23.9 Å². The van der Waals surface area contributed by atoms with E-state index < -0.39 is 29.9 Å². The lowest BCUT2D eigenvalue weighted by Crippen LogP contribution is -2.53. The zero-order valence-electron chi connectivity index (χ0n) is 25.0. The maximum Gasteiger partial charge on any atom is 0.240 e. The van der Waals surface area contributed by atoms with E-state index in [2.05, 4.69) is 79.4 Å². The summed E-state index contributed by atoms with van der Waals surface area (Å²) in [5.41, 5.74) is 8.37. The first kappa shape index (κ1) is 29.6. The molecule has 0 radical (unpaired) electrons.